The zero-order chi connectivity index (χ0) is 12.7. The molecule has 2 rings (SSSR count). The van der Waals surface area contributed by atoms with E-state index in [2.05, 4.69) is 0 Å². The van der Waals surface area contributed by atoms with Crippen molar-refractivity contribution in [3.05, 3.63) is 63.7 Å². The molecule has 0 aliphatic heterocycles. The van der Waals surface area contributed by atoms with Crippen LogP contribution in [0.15, 0.2) is 0 Å². The Morgan fingerprint density at radius 3 is 1.61 bits per heavy atom. The van der Waals surface area contributed by atoms with Crippen molar-refractivity contribution in [1.82, 2.24) is 0 Å². The van der Waals surface area contributed by atoms with Crippen LogP contribution in [0.3, 0.4) is 0 Å². The maximum absolute atomic E-state index is 10.0. The van der Waals surface area contributed by atoms with Crippen LogP contribution in [-0.4, -0.2) is 22.4 Å². The number of hydrogen-bond acceptors (Lipinski definition) is 2. The molecule has 0 aromatic carbocycles. The van der Waals surface area contributed by atoms with Crippen molar-refractivity contribution in [3.8, 4) is 0 Å². The fraction of sp³-hybridized carbons (Fsp3) is 0.333. The molecule has 0 aromatic rings. The van der Waals surface area contributed by atoms with Crippen LogP contribution in [-0.2, 0) is 17.1 Å². The molecular formula is C15H20FeO2+2. The van der Waals surface area contributed by atoms with Crippen LogP contribution in [0.2, 0.25) is 0 Å². The zero-order valence-corrected chi connectivity index (χ0v) is 11.8. The molecule has 0 bridgehead atoms. The molecule has 0 unspecified atom stereocenters. The summed E-state index contributed by atoms with van der Waals surface area (Å²) in [4.78, 5) is 0. The van der Waals surface area contributed by atoms with Crippen molar-refractivity contribution in [1.29, 1.82) is 0 Å². The molecular weight excluding hydrogens is 268 g/mol. The Hall–Kier alpha value is 0.439. The van der Waals surface area contributed by atoms with Crippen LogP contribution >= 0.6 is 0 Å². The second-order valence-electron chi connectivity index (χ2n) is 4.37. The number of aliphatic hydroxyl groups excluding tert-OH is 1. The molecule has 0 aromatic heterocycles. The third-order valence-electron chi connectivity index (χ3n) is 2.91. The van der Waals surface area contributed by atoms with Gasteiger partial charge in [0.2, 0.25) is 0 Å². The summed E-state index contributed by atoms with van der Waals surface area (Å²) in [6.07, 6.45) is 17.4. The summed E-state index contributed by atoms with van der Waals surface area (Å²) in [7, 11) is 0. The molecule has 98 valence electrons. The van der Waals surface area contributed by atoms with Gasteiger partial charge in [-0.1, -0.05) is 13.8 Å². The van der Waals surface area contributed by atoms with Gasteiger partial charge in [-0.2, -0.15) is 0 Å². The SMILES string of the molecule is CC(C)[C@@](O)(CO)[C]1[CH][CH][CH][CH]1.[CH]1[CH][CH][CH][CH]1.[Fe+2]. The predicted octanol–water partition coefficient (Wildman–Crippen LogP) is 1.79. The Bertz CT molecular complexity index is 191. The largest absolute Gasteiger partial charge is 2.00 e. The molecule has 10 radical (unpaired) electrons. The fourth-order valence-electron chi connectivity index (χ4n) is 1.59. The van der Waals surface area contributed by atoms with Crippen molar-refractivity contribution in [2.45, 2.75) is 19.4 Å². The van der Waals surface area contributed by atoms with Crippen LogP contribution < -0.4 is 0 Å². The molecule has 1 atom stereocenters. The Kier molecular flexibility index (Phi) is 9.59. The summed E-state index contributed by atoms with van der Waals surface area (Å²) in [6.45, 7) is 3.56. The number of rotatable bonds is 3. The van der Waals surface area contributed by atoms with Gasteiger partial charge in [0.15, 0.2) is 0 Å². The summed E-state index contributed by atoms with van der Waals surface area (Å²) in [5.41, 5.74) is -1.08. The minimum Gasteiger partial charge on any atom is -0.393 e. The quantitative estimate of drug-likeness (QED) is 0.777. The first-order chi connectivity index (χ1) is 8.11. The van der Waals surface area contributed by atoms with Crippen molar-refractivity contribution >= 4 is 0 Å². The Labute approximate surface area is 123 Å². The molecule has 2 aliphatic rings. The summed E-state index contributed by atoms with van der Waals surface area (Å²) < 4.78 is 0. The monoisotopic (exact) mass is 288 g/mol. The Balaban J connectivity index is 0.000000405. The second-order valence-corrected chi connectivity index (χ2v) is 4.37. The summed E-state index contributed by atoms with van der Waals surface area (Å²) in [6, 6.07) is 0. The van der Waals surface area contributed by atoms with Crippen LogP contribution in [0.1, 0.15) is 13.8 Å². The molecule has 0 heterocycles. The van der Waals surface area contributed by atoms with Crippen molar-refractivity contribution in [2.24, 2.45) is 5.92 Å². The minimum absolute atomic E-state index is 0. The van der Waals surface area contributed by atoms with Gasteiger partial charge >= 0.3 is 17.1 Å². The van der Waals surface area contributed by atoms with E-state index < -0.39 is 5.60 Å². The fourth-order valence-corrected chi connectivity index (χ4v) is 1.59. The first-order valence-corrected chi connectivity index (χ1v) is 5.83. The smallest absolute Gasteiger partial charge is 0.393 e. The zero-order valence-electron chi connectivity index (χ0n) is 10.7. The standard InChI is InChI=1S/C10H15O2.C5H5.Fe/c1-8(2)10(12,7-11)9-5-3-4-6-9;1-2-4-5-3-1;/h3-6,8,11-12H,7H2,1-2H3;1-5H;/q;;+2/t10-;;/m0../s1. The van der Waals surface area contributed by atoms with Gasteiger partial charge in [-0.15, -0.1) is 0 Å². The first-order valence-electron chi connectivity index (χ1n) is 5.83. The van der Waals surface area contributed by atoms with E-state index in [1.807, 2.05) is 71.6 Å². The molecule has 3 heteroatoms. The maximum Gasteiger partial charge on any atom is 2.00 e. The maximum atomic E-state index is 10.0. The molecule has 2 saturated carbocycles. The topological polar surface area (TPSA) is 40.5 Å². The van der Waals surface area contributed by atoms with Crippen molar-refractivity contribution in [2.75, 3.05) is 6.61 Å². The Morgan fingerprint density at radius 2 is 1.33 bits per heavy atom. The third kappa shape index (κ3) is 5.20. The van der Waals surface area contributed by atoms with E-state index in [1.165, 1.54) is 0 Å². The van der Waals surface area contributed by atoms with Gasteiger partial charge in [0.25, 0.3) is 0 Å². The Morgan fingerprint density at radius 1 is 0.944 bits per heavy atom. The minimum atomic E-state index is -1.08. The summed E-state index contributed by atoms with van der Waals surface area (Å²) >= 11 is 0. The van der Waals surface area contributed by atoms with Gasteiger partial charge in [-0.05, 0) is 63.7 Å². The van der Waals surface area contributed by atoms with Crippen LogP contribution in [0.4, 0.5) is 0 Å². The van der Waals surface area contributed by atoms with Gasteiger partial charge < -0.3 is 10.2 Å². The third-order valence-corrected chi connectivity index (χ3v) is 2.91. The second kappa shape index (κ2) is 9.36. The van der Waals surface area contributed by atoms with Gasteiger partial charge in [-0.25, -0.2) is 0 Å². The summed E-state index contributed by atoms with van der Waals surface area (Å²) in [5, 5.41) is 19.1. The molecule has 2 aliphatic carbocycles. The molecule has 2 N–H and O–H groups in total. The van der Waals surface area contributed by atoms with Crippen LogP contribution in [0.25, 0.3) is 0 Å². The normalized spacial score (nSPS) is 23.2. The molecule has 0 saturated heterocycles. The van der Waals surface area contributed by atoms with Gasteiger partial charge in [0.1, 0.15) is 0 Å². The van der Waals surface area contributed by atoms with Crippen LogP contribution in [0.5, 0.6) is 0 Å². The van der Waals surface area contributed by atoms with E-state index in [-0.39, 0.29) is 29.6 Å². The predicted molar refractivity (Wildman–Crippen MR) is 68.8 cm³/mol. The van der Waals surface area contributed by atoms with E-state index in [0.717, 1.165) is 5.92 Å². The number of hydrogen-bond donors (Lipinski definition) is 2. The van der Waals surface area contributed by atoms with Gasteiger partial charge in [-0.3, -0.25) is 0 Å². The van der Waals surface area contributed by atoms with E-state index in [4.69, 9.17) is 5.11 Å². The van der Waals surface area contributed by atoms with E-state index in [0.29, 0.717) is 0 Å². The molecule has 0 spiro atoms. The average molecular weight is 288 g/mol. The van der Waals surface area contributed by atoms with E-state index in [9.17, 15) is 5.11 Å². The number of aliphatic hydroxyl groups is 2. The molecule has 0 amide bonds. The van der Waals surface area contributed by atoms with Crippen molar-refractivity contribution < 1.29 is 27.3 Å². The van der Waals surface area contributed by atoms with E-state index in [1.54, 1.807) is 0 Å². The molecule has 18 heavy (non-hydrogen) atoms. The first kappa shape index (κ1) is 18.4. The average Bonchev–Trinajstić information content (AvgIpc) is 3.02. The van der Waals surface area contributed by atoms with Crippen LogP contribution in [0, 0.1) is 69.6 Å². The van der Waals surface area contributed by atoms with Gasteiger partial charge in [0, 0.05) is 5.92 Å². The summed E-state index contributed by atoms with van der Waals surface area (Å²) in [5.74, 6) is 0.810. The molecule has 2 fully saturated rings. The van der Waals surface area contributed by atoms with Gasteiger partial charge in [0.05, 0.1) is 12.2 Å². The van der Waals surface area contributed by atoms with E-state index >= 15 is 0 Å². The molecule has 2 nitrogen and oxygen atoms in total. The van der Waals surface area contributed by atoms with Crippen molar-refractivity contribution in [3.63, 3.8) is 0 Å².